The molecular weight excluding hydrogens is 176 g/mol. The summed E-state index contributed by atoms with van der Waals surface area (Å²) in [6.07, 6.45) is 6.69. The minimum atomic E-state index is -1.04. The summed E-state index contributed by atoms with van der Waals surface area (Å²) >= 11 is 0. The predicted molar refractivity (Wildman–Crippen MR) is 59.9 cm³/mol. The zero-order valence-corrected chi connectivity index (χ0v) is 9.37. The summed E-state index contributed by atoms with van der Waals surface area (Å²) in [4.78, 5) is 0. The first-order valence-electron chi connectivity index (χ1n) is 5.48. The summed E-state index contributed by atoms with van der Waals surface area (Å²) in [5.41, 5.74) is -1.04. The van der Waals surface area contributed by atoms with Crippen molar-refractivity contribution >= 4 is 0 Å². The van der Waals surface area contributed by atoms with Crippen LogP contribution < -0.4 is 0 Å². The number of unbranched alkanes of at least 4 members (excludes halogenated alkanes) is 1. The van der Waals surface area contributed by atoms with Crippen LogP contribution >= 0.6 is 0 Å². The monoisotopic (exact) mass is 199 g/mol. The maximum atomic E-state index is 10.1. The molecule has 2 heteroatoms. The van der Waals surface area contributed by atoms with Crippen molar-refractivity contribution in [1.82, 2.24) is 0 Å². The van der Waals surface area contributed by atoms with Crippen molar-refractivity contribution in [3.63, 3.8) is 0 Å². The van der Waals surface area contributed by atoms with Crippen LogP contribution in [0.15, 0.2) is 12.2 Å². The molecule has 0 aliphatic rings. The maximum Gasteiger partial charge on any atom is 0.108 e. The molecule has 0 aliphatic heterocycles. The summed E-state index contributed by atoms with van der Waals surface area (Å²) in [6.45, 7) is 7.60. The SMILES string of the molecule is [CH2]CC/C=C/C(O)(CCC)C(O)CC. The van der Waals surface area contributed by atoms with Crippen molar-refractivity contribution in [3.8, 4) is 0 Å². The highest BCUT2D eigenvalue weighted by Crippen LogP contribution is 2.22. The molecule has 0 spiro atoms. The molecule has 2 N–H and O–H groups in total. The van der Waals surface area contributed by atoms with Gasteiger partial charge in [0.15, 0.2) is 0 Å². The van der Waals surface area contributed by atoms with E-state index in [0.29, 0.717) is 12.8 Å². The fraction of sp³-hybridized carbons (Fsp3) is 0.750. The summed E-state index contributed by atoms with van der Waals surface area (Å²) in [5.74, 6) is 0. The Bertz CT molecular complexity index is 166. The van der Waals surface area contributed by atoms with Crippen LogP contribution in [0.4, 0.5) is 0 Å². The molecule has 0 aromatic carbocycles. The van der Waals surface area contributed by atoms with Gasteiger partial charge in [-0.2, -0.15) is 0 Å². The zero-order valence-electron chi connectivity index (χ0n) is 9.37. The number of hydrogen-bond donors (Lipinski definition) is 2. The van der Waals surface area contributed by atoms with Crippen molar-refractivity contribution in [1.29, 1.82) is 0 Å². The molecule has 0 aliphatic carbocycles. The van der Waals surface area contributed by atoms with Crippen molar-refractivity contribution in [2.75, 3.05) is 0 Å². The Labute approximate surface area is 87.7 Å². The van der Waals surface area contributed by atoms with Crippen LogP contribution in [-0.4, -0.2) is 21.9 Å². The summed E-state index contributed by atoms with van der Waals surface area (Å²) in [6, 6.07) is 0. The molecule has 0 fully saturated rings. The van der Waals surface area contributed by atoms with Gasteiger partial charge in [0.25, 0.3) is 0 Å². The van der Waals surface area contributed by atoms with E-state index in [2.05, 4.69) is 6.92 Å². The number of aliphatic hydroxyl groups is 2. The average Bonchev–Trinajstić information content (AvgIpc) is 2.17. The number of rotatable bonds is 7. The number of aliphatic hydroxyl groups excluding tert-OH is 1. The van der Waals surface area contributed by atoms with Gasteiger partial charge >= 0.3 is 0 Å². The second kappa shape index (κ2) is 7.02. The molecule has 2 unspecified atom stereocenters. The Morgan fingerprint density at radius 2 is 2.07 bits per heavy atom. The van der Waals surface area contributed by atoms with Gasteiger partial charge in [-0.3, -0.25) is 0 Å². The van der Waals surface area contributed by atoms with Gasteiger partial charge in [0.05, 0.1) is 6.10 Å². The van der Waals surface area contributed by atoms with Crippen molar-refractivity contribution < 1.29 is 10.2 Å². The van der Waals surface area contributed by atoms with E-state index in [1.54, 1.807) is 6.08 Å². The second-order valence-electron chi connectivity index (χ2n) is 3.71. The molecule has 0 aromatic rings. The van der Waals surface area contributed by atoms with Crippen molar-refractivity contribution in [2.24, 2.45) is 0 Å². The van der Waals surface area contributed by atoms with Crippen LogP contribution in [0.2, 0.25) is 0 Å². The van der Waals surface area contributed by atoms with E-state index in [1.165, 1.54) is 0 Å². The second-order valence-corrected chi connectivity index (χ2v) is 3.71. The van der Waals surface area contributed by atoms with E-state index >= 15 is 0 Å². The van der Waals surface area contributed by atoms with Crippen LogP contribution in [-0.2, 0) is 0 Å². The highest BCUT2D eigenvalue weighted by molar-refractivity contribution is 5.04. The molecule has 83 valence electrons. The molecule has 0 amide bonds. The third kappa shape index (κ3) is 4.25. The van der Waals surface area contributed by atoms with Gasteiger partial charge in [0.1, 0.15) is 5.60 Å². The average molecular weight is 199 g/mol. The molecule has 2 nitrogen and oxygen atoms in total. The highest BCUT2D eigenvalue weighted by Gasteiger charge is 2.30. The summed E-state index contributed by atoms with van der Waals surface area (Å²) < 4.78 is 0. The van der Waals surface area contributed by atoms with E-state index in [1.807, 2.05) is 19.9 Å². The van der Waals surface area contributed by atoms with Crippen molar-refractivity contribution in [3.05, 3.63) is 19.1 Å². The van der Waals surface area contributed by atoms with Gasteiger partial charge < -0.3 is 10.2 Å². The summed E-state index contributed by atoms with van der Waals surface area (Å²) in [7, 11) is 0. The van der Waals surface area contributed by atoms with E-state index in [4.69, 9.17) is 0 Å². The van der Waals surface area contributed by atoms with E-state index in [-0.39, 0.29) is 0 Å². The summed E-state index contributed by atoms with van der Waals surface area (Å²) in [5, 5.41) is 19.8. The smallest absolute Gasteiger partial charge is 0.108 e. The molecule has 0 aromatic heterocycles. The van der Waals surface area contributed by atoms with Gasteiger partial charge in [-0.05, 0) is 25.7 Å². The van der Waals surface area contributed by atoms with Crippen LogP contribution in [0.3, 0.4) is 0 Å². The van der Waals surface area contributed by atoms with Crippen LogP contribution in [0.1, 0.15) is 46.0 Å². The van der Waals surface area contributed by atoms with E-state index in [9.17, 15) is 10.2 Å². The lowest BCUT2D eigenvalue weighted by Crippen LogP contribution is -2.39. The molecule has 0 bridgehead atoms. The third-order valence-electron chi connectivity index (χ3n) is 2.39. The Kier molecular flexibility index (Phi) is 6.85. The first-order valence-corrected chi connectivity index (χ1v) is 5.48. The van der Waals surface area contributed by atoms with Crippen molar-refractivity contribution in [2.45, 2.75) is 57.7 Å². The Hall–Kier alpha value is -0.340. The fourth-order valence-corrected chi connectivity index (χ4v) is 1.52. The van der Waals surface area contributed by atoms with Gasteiger partial charge in [0, 0.05) is 0 Å². The molecule has 0 saturated heterocycles. The Morgan fingerprint density at radius 1 is 1.43 bits per heavy atom. The number of hydrogen-bond acceptors (Lipinski definition) is 2. The zero-order chi connectivity index (χ0) is 11.0. The van der Waals surface area contributed by atoms with Crippen LogP contribution in [0, 0.1) is 6.92 Å². The van der Waals surface area contributed by atoms with Gasteiger partial charge in [-0.1, -0.05) is 39.3 Å². The van der Waals surface area contributed by atoms with E-state index < -0.39 is 11.7 Å². The first-order chi connectivity index (χ1) is 6.60. The molecule has 14 heavy (non-hydrogen) atoms. The van der Waals surface area contributed by atoms with Crippen LogP contribution in [0.25, 0.3) is 0 Å². The predicted octanol–water partition coefficient (Wildman–Crippen LogP) is 2.46. The minimum absolute atomic E-state index is 0.575. The fourth-order valence-electron chi connectivity index (χ4n) is 1.52. The largest absolute Gasteiger partial charge is 0.390 e. The molecule has 1 radical (unpaired) electrons. The first kappa shape index (κ1) is 13.7. The minimum Gasteiger partial charge on any atom is -0.390 e. The quantitative estimate of drug-likeness (QED) is 0.618. The lowest BCUT2D eigenvalue weighted by Gasteiger charge is -2.29. The van der Waals surface area contributed by atoms with Gasteiger partial charge in [-0.25, -0.2) is 0 Å². The lowest BCUT2D eigenvalue weighted by atomic mass is 9.89. The highest BCUT2D eigenvalue weighted by atomic mass is 16.3. The molecular formula is C12H23O2. The molecule has 0 saturated carbocycles. The van der Waals surface area contributed by atoms with Gasteiger partial charge in [-0.15, -0.1) is 0 Å². The van der Waals surface area contributed by atoms with Gasteiger partial charge in [0.2, 0.25) is 0 Å². The molecule has 2 atom stereocenters. The normalized spacial score (nSPS) is 18.4. The maximum absolute atomic E-state index is 10.1. The molecule has 0 rings (SSSR count). The van der Waals surface area contributed by atoms with E-state index in [0.717, 1.165) is 19.3 Å². The third-order valence-corrected chi connectivity index (χ3v) is 2.39. The Morgan fingerprint density at radius 3 is 2.50 bits per heavy atom. The standard InChI is InChI=1S/C12H23O2/c1-4-7-8-10-12(14,9-5-2)11(13)6-3/h8,10-11,13-14H,1,4-7,9H2,2-3H3/b10-8+. The Balaban J connectivity index is 4.37. The topological polar surface area (TPSA) is 40.5 Å². The number of allylic oxidation sites excluding steroid dienone is 1. The van der Waals surface area contributed by atoms with Crippen LogP contribution in [0.5, 0.6) is 0 Å². The lowest BCUT2D eigenvalue weighted by molar-refractivity contribution is -0.0465. The molecule has 0 heterocycles.